The van der Waals surface area contributed by atoms with Crippen molar-refractivity contribution < 1.29 is 5.11 Å². The van der Waals surface area contributed by atoms with Crippen LogP contribution in [0.2, 0.25) is 0 Å². The molecule has 0 spiro atoms. The molecular weight excluding hydrogens is 158 g/mol. The summed E-state index contributed by atoms with van der Waals surface area (Å²) in [5.41, 5.74) is 0.705. The number of fused-ring (bicyclic) bond motifs is 1. The molecule has 0 aliphatic rings. The highest BCUT2D eigenvalue weighted by atomic mass is 16.3. The second-order valence-corrected chi connectivity index (χ2v) is 2.41. The molecule has 0 saturated carbocycles. The molecule has 0 radical (unpaired) electrons. The fraction of sp³-hybridized carbons (Fsp3) is 0.143. The number of aromatic nitrogens is 3. The highest BCUT2D eigenvalue weighted by Crippen LogP contribution is 2.03. The summed E-state index contributed by atoms with van der Waals surface area (Å²) < 4.78 is 1.43. The summed E-state index contributed by atoms with van der Waals surface area (Å²) in [5, 5.41) is 12.7. The largest absolute Gasteiger partial charge is 0.392 e. The zero-order chi connectivity index (χ0) is 8.55. The van der Waals surface area contributed by atoms with Crippen LogP contribution in [0.4, 0.5) is 0 Å². The van der Waals surface area contributed by atoms with E-state index in [1.165, 1.54) is 16.9 Å². The summed E-state index contributed by atoms with van der Waals surface area (Å²) in [6.07, 6.45) is 4.60. The Morgan fingerprint density at radius 3 is 3.25 bits per heavy atom. The summed E-state index contributed by atoms with van der Waals surface area (Å²) >= 11 is 0. The Bertz CT molecular complexity index is 457. The molecule has 0 aliphatic carbocycles. The summed E-state index contributed by atoms with van der Waals surface area (Å²) in [6.45, 7) is -0.170. The van der Waals surface area contributed by atoms with Crippen LogP contribution in [0.3, 0.4) is 0 Å². The van der Waals surface area contributed by atoms with Crippen LogP contribution < -0.4 is 5.56 Å². The van der Waals surface area contributed by atoms with Crippen LogP contribution in [0.15, 0.2) is 23.4 Å². The van der Waals surface area contributed by atoms with E-state index in [1.54, 1.807) is 6.20 Å². The Hall–Kier alpha value is -1.62. The van der Waals surface area contributed by atoms with Crippen LogP contribution >= 0.6 is 0 Å². The number of aliphatic hydroxyl groups is 1. The lowest BCUT2D eigenvalue weighted by Gasteiger charge is -1.91. The number of rotatable bonds is 1. The molecule has 0 unspecified atom stereocenters. The highest BCUT2D eigenvalue weighted by molar-refractivity contribution is 5.50. The molecule has 0 saturated heterocycles. The number of aromatic amines is 1. The van der Waals surface area contributed by atoms with E-state index in [9.17, 15) is 4.79 Å². The first-order valence-electron chi connectivity index (χ1n) is 3.47. The van der Waals surface area contributed by atoms with Crippen molar-refractivity contribution >= 4 is 5.52 Å². The average molecular weight is 165 g/mol. The van der Waals surface area contributed by atoms with Gasteiger partial charge >= 0.3 is 0 Å². The van der Waals surface area contributed by atoms with E-state index in [0.29, 0.717) is 11.1 Å². The lowest BCUT2D eigenvalue weighted by molar-refractivity contribution is 0.283. The molecule has 0 amide bonds. The Balaban J connectivity index is 2.92. The van der Waals surface area contributed by atoms with E-state index in [4.69, 9.17) is 5.11 Å². The van der Waals surface area contributed by atoms with Crippen molar-refractivity contribution in [1.82, 2.24) is 14.6 Å². The number of hydrogen-bond acceptors (Lipinski definition) is 3. The quantitative estimate of drug-likeness (QED) is 0.599. The Morgan fingerprint density at radius 1 is 1.67 bits per heavy atom. The van der Waals surface area contributed by atoms with Crippen LogP contribution in [-0.4, -0.2) is 19.7 Å². The van der Waals surface area contributed by atoms with Gasteiger partial charge in [-0.1, -0.05) is 0 Å². The summed E-state index contributed by atoms with van der Waals surface area (Å²) in [5.74, 6) is 0. The highest BCUT2D eigenvalue weighted by Gasteiger charge is 2.04. The van der Waals surface area contributed by atoms with Gasteiger partial charge in [0, 0.05) is 18.0 Å². The van der Waals surface area contributed by atoms with Crippen molar-refractivity contribution in [3.63, 3.8) is 0 Å². The van der Waals surface area contributed by atoms with Crippen LogP contribution in [0, 0.1) is 0 Å². The van der Waals surface area contributed by atoms with E-state index < -0.39 is 0 Å². The molecule has 0 atom stereocenters. The number of H-pyrrole nitrogens is 1. The minimum Gasteiger partial charge on any atom is -0.392 e. The molecule has 2 aromatic heterocycles. The predicted molar refractivity (Wildman–Crippen MR) is 41.7 cm³/mol. The minimum absolute atomic E-state index is 0.170. The van der Waals surface area contributed by atoms with Gasteiger partial charge in [-0.15, -0.1) is 0 Å². The molecule has 0 aromatic carbocycles. The topological polar surface area (TPSA) is 70.4 Å². The third-order valence-electron chi connectivity index (χ3n) is 1.69. The van der Waals surface area contributed by atoms with Crippen molar-refractivity contribution in [3.05, 3.63) is 34.5 Å². The van der Waals surface area contributed by atoms with Gasteiger partial charge in [0.05, 0.1) is 12.8 Å². The van der Waals surface area contributed by atoms with Crippen LogP contribution in [0.5, 0.6) is 0 Å². The number of hydrogen-bond donors (Lipinski definition) is 2. The smallest absolute Gasteiger partial charge is 0.274 e. The standard InChI is InChI=1S/C7H7N3O2/c11-4-5-3-9-10-2-1-8-7(12)6(5)10/h1-3,11H,4H2,(H,8,12). The molecule has 5 heteroatoms. The fourth-order valence-electron chi connectivity index (χ4n) is 1.13. The summed E-state index contributed by atoms with van der Waals surface area (Å²) in [6, 6.07) is 0. The van der Waals surface area contributed by atoms with E-state index in [1.807, 2.05) is 0 Å². The first-order chi connectivity index (χ1) is 5.83. The monoisotopic (exact) mass is 165 g/mol. The zero-order valence-electron chi connectivity index (χ0n) is 6.19. The number of nitrogens with zero attached hydrogens (tertiary/aromatic N) is 2. The van der Waals surface area contributed by atoms with Crippen molar-refractivity contribution in [3.8, 4) is 0 Å². The number of nitrogens with one attached hydrogen (secondary N) is 1. The van der Waals surface area contributed by atoms with E-state index in [2.05, 4.69) is 10.1 Å². The third kappa shape index (κ3) is 0.835. The van der Waals surface area contributed by atoms with Gasteiger partial charge in [0.1, 0.15) is 5.52 Å². The molecule has 5 nitrogen and oxygen atoms in total. The normalized spacial score (nSPS) is 10.8. The average Bonchev–Trinajstić information content (AvgIpc) is 2.49. The SMILES string of the molecule is O=c1[nH]ccn2ncc(CO)c12. The third-order valence-corrected chi connectivity index (χ3v) is 1.69. The first kappa shape index (κ1) is 7.05. The predicted octanol–water partition coefficient (Wildman–Crippen LogP) is -0.485. The van der Waals surface area contributed by atoms with E-state index >= 15 is 0 Å². The lowest BCUT2D eigenvalue weighted by atomic mass is 10.3. The van der Waals surface area contributed by atoms with Crippen molar-refractivity contribution in [2.24, 2.45) is 0 Å². The molecule has 0 aliphatic heterocycles. The van der Waals surface area contributed by atoms with E-state index in [0.717, 1.165) is 0 Å². The summed E-state index contributed by atoms with van der Waals surface area (Å²) in [4.78, 5) is 13.7. The Kier molecular flexibility index (Phi) is 1.44. The van der Waals surface area contributed by atoms with Crippen molar-refractivity contribution in [1.29, 1.82) is 0 Å². The summed E-state index contributed by atoms with van der Waals surface area (Å²) in [7, 11) is 0. The van der Waals surface area contributed by atoms with Gasteiger partial charge in [-0.05, 0) is 0 Å². The van der Waals surface area contributed by atoms with Gasteiger partial charge in [0.15, 0.2) is 0 Å². The number of aliphatic hydroxyl groups excluding tert-OH is 1. The molecule has 2 aromatic rings. The van der Waals surface area contributed by atoms with Crippen LogP contribution in [0.25, 0.3) is 5.52 Å². The molecule has 2 rings (SSSR count). The molecule has 12 heavy (non-hydrogen) atoms. The second-order valence-electron chi connectivity index (χ2n) is 2.41. The van der Waals surface area contributed by atoms with Gasteiger partial charge in [0.2, 0.25) is 0 Å². The maximum Gasteiger partial charge on any atom is 0.274 e. The second kappa shape index (κ2) is 2.46. The van der Waals surface area contributed by atoms with Gasteiger partial charge in [-0.3, -0.25) is 4.79 Å². The van der Waals surface area contributed by atoms with Gasteiger partial charge < -0.3 is 10.1 Å². The molecule has 0 bridgehead atoms. The fourth-order valence-corrected chi connectivity index (χ4v) is 1.13. The molecule has 2 heterocycles. The van der Waals surface area contributed by atoms with Crippen LogP contribution in [-0.2, 0) is 6.61 Å². The minimum atomic E-state index is -0.237. The van der Waals surface area contributed by atoms with E-state index in [-0.39, 0.29) is 12.2 Å². The molecule has 0 fully saturated rings. The van der Waals surface area contributed by atoms with Crippen molar-refractivity contribution in [2.75, 3.05) is 0 Å². The first-order valence-corrected chi connectivity index (χ1v) is 3.47. The zero-order valence-corrected chi connectivity index (χ0v) is 6.19. The Morgan fingerprint density at radius 2 is 2.50 bits per heavy atom. The van der Waals surface area contributed by atoms with Gasteiger partial charge in [-0.25, -0.2) is 4.52 Å². The maximum absolute atomic E-state index is 11.2. The molecule has 2 N–H and O–H groups in total. The lowest BCUT2D eigenvalue weighted by Crippen LogP contribution is -2.09. The van der Waals surface area contributed by atoms with Gasteiger partial charge in [-0.2, -0.15) is 5.10 Å². The van der Waals surface area contributed by atoms with Gasteiger partial charge in [0.25, 0.3) is 5.56 Å². The van der Waals surface area contributed by atoms with Crippen molar-refractivity contribution in [2.45, 2.75) is 6.61 Å². The molecular formula is C7H7N3O2. The molecule has 62 valence electrons. The Labute approximate surface area is 67.3 Å². The maximum atomic E-state index is 11.2. The van der Waals surface area contributed by atoms with Crippen LogP contribution in [0.1, 0.15) is 5.56 Å².